The lowest BCUT2D eigenvalue weighted by atomic mass is 9.85. The average molecular weight is 559 g/mol. The van der Waals surface area contributed by atoms with Gasteiger partial charge < -0.3 is 29.5 Å². The molecule has 0 saturated carbocycles. The lowest BCUT2D eigenvalue weighted by molar-refractivity contribution is -0.257. The number of carbonyl (C=O) groups is 3. The number of aliphatic hydroxyl groups excluding tert-OH is 3. The average Bonchev–Trinajstić information content (AvgIpc) is 3.64. The Morgan fingerprint density at radius 3 is 2.28 bits per heavy atom. The third-order valence-electron chi connectivity index (χ3n) is 7.33. The Morgan fingerprint density at radius 1 is 0.949 bits per heavy atom. The van der Waals surface area contributed by atoms with E-state index < -0.39 is 42.3 Å². The summed E-state index contributed by atoms with van der Waals surface area (Å²) in [5, 5.41) is 30.9. The van der Waals surface area contributed by atoms with Crippen LogP contribution in [0.3, 0.4) is 0 Å². The number of aliphatic hydroxyl groups is 3. The third kappa shape index (κ3) is 12.3. The predicted octanol–water partition coefficient (Wildman–Crippen LogP) is 2.53. The fourth-order valence-electron chi connectivity index (χ4n) is 4.73. The molecule has 39 heavy (non-hydrogen) atoms. The zero-order valence-corrected chi connectivity index (χ0v) is 23.6. The van der Waals surface area contributed by atoms with Crippen LogP contribution in [-0.2, 0) is 38.4 Å². The van der Waals surface area contributed by atoms with Crippen molar-refractivity contribution < 1.29 is 53.7 Å². The summed E-state index contributed by atoms with van der Waals surface area (Å²) in [7, 11) is 0. The Balaban J connectivity index is 1.55. The standard InChI is InChI=1S/C28H46O11/c1-17(14-25(32)35-12-10-8-6-5-7-9-11-24(31)39-38-20(4)30)13-22-27(34)26(33)21(16-36-22)15-23-28(37-23)18(2)19(3)29/h14,18-19,21-23,26-29,33-34H,5-13,15-16H2,1-4H3/b17-14+/t18-,19-,21-,22-,23-,26+,27-,28-/m0/s1. The molecule has 0 bridgehead atoms. The van der Waals surface area contributed by atoms with Gasteiger partial charge in [0, 0.05) is 24.8 Å². The molecule has 2 heterocycles. The molecule has 2 fully saturated rings. The van der Waals surface area contributed by atoms with Crippen molar-refractivity contribution in [3.05, 3.63) is 11.6 Å². The number of hydrogen-bond donors (Lipinski definition) is 3. The quantitative estimate of drug-likeness (QED) is 0.0637. The van der Waals surface area contributed by atoms with Gasteiger partial charge in [-0.25, -0.2) is 24.2 Å². The zero-order valence-electron chi connectivity index (χ0n) is 23.6. The van der Waals surface area contributed by atoms with Gasteiger partial charge in [0.15, 0.2) is 0 Å². The minimum Gasteiger partial charge on any atom is -0.463 e. The van der Waals surface area contributed by atoms with Gasteiger partial charge in [0.2, 0.25) is 0 Å². The Labute approximate surface area is 230 Å². The predicted molar refractivity (Wildman–Crippen MR) is 139 cm³/mol. The summed E-state index contributed by atoms with van der Waals surface area (Å²) in [5.74, 6) is -1.93. The van der Waals surface area contributed by atoms with E-state index in [9.17, 15) is 29.7 Å². The number of hydrogen-bond acceptors (Lipinski definition) is 11. The van der Waals surface area contributed by atoms with E-state index >= 15 is 0 Å². The SMILES string of the molecule is CC(=O)OOC(=O)CCCCCCCCOC(=O)/C=C(\C)C[C@@H]1OC[C@H](C[C@@H]2O[C@H]2[C@@H](C)[C@H](C)O)[C@@H](O)[C@H]1O. The number of esters is 1. The monoisotopic (exact) mass is 558 g/mol. The number of rotatable bonds is 16. The molecule has 11 heteroatoms. The van der Waals surface area contributed by atoms with Crippen molar-refractivity contribution in [3.63, 3.8) is 0 Å². The second kappa shape index (κ2) is 16.9. The molecular formula is C28H46O11. The molecule has 0 aromatic rings. The molecule has 2 aliphatic heterocycles. The van der Waals surface area contributed by atoms with Crippen LogP contribution >= 0.6 is 0 Å². The molecule has 2 aliphatic rings. The van der Waals surface area contributed by atoms with E-state index in [1.807, 2.05) is 6.92 Å². The van der Waals surface area contributed by atoms with Crippen molar-refractivity contribution in [2.45, 2.75) is 122 Å². The molecule has 3 N–H and O–H groups in total. The van der Waals surface area contributed by atoms with E-state index in [0.717, 1.165) is 39.0 Å². The van der Waals surface area contributed by atoms with Gasteiger partial charge in [-0.05, 0) is 39.5 Å². The summed E-state index contributed by atoms with van der Waals surface area (Å²) in [6.07, 6.45) is 4.22. The summed E-state index contributed by atoms with van der Waals surface area (Å²) in [6.45, 7) is 7.17. The first-order valence-corrected chi connectivity index (χ1v) is 14.0. The topological polar surface area (TPSA) is 161 Å². The molecular weight excluding hydrogens is 512 g/mol. The normalized spacial score (nSPS) is 28.3. The van der Waals surface area contributed by atoms with Crippen LogP contribution in [0.2, 0.25) is 0 Å². The number of unbranched alkanes of at least 4 members (excludes halogenated alkanes) is 5. The molecule has 0 unspecified atom stereocenters. The van der Waals surface area contributed by atoms with Gasteiger partial charge in [0.25, 0.3) is 0 Å². The van der Waals surface area contributed by atoms with E-state index in [0.29, 0.717) is 31.4 Å². The Kier molecular flexibility index (Phi) is 14.4. The Hall–Kier alpha value is -2.05. The van der Waals surface area contributed by atoms with Gasteiger partial charge in [-0.1, -0.05) is 38.2 Å². The second-order valence-electron chi connectivity index (χ2n) is 10.9. The highest BCUT2D eigenvalue weighted by atomic mass is 17.2. The highest BCUT2D eigenvalue weighted by Crippen LogP contribution is 2.38. The van der Waals surface area contributed by atoms with Gasteiger partial charge in [-0.15, -0.1) is 0 Å². The van der Waals surface area contributed by atoms with Crippen molar-refractivity contribution in [3.8, 4) is 0 Å². The van der Waals surface area contributed by atoms with Gasteiger partial charge in [-0.2, -0.15) is 0 Å². The molecule has 0 aliphatic carbocycles. The molecule has 0 aromatic carbocycles. The van der Waals surface area contributed by atoms with Crippen molar-refractivity contribution in [2.24, 2.45) is 11.8 Å². The highest BCUT2D eigenvalue weighted by Gasteiger charge is 2.48. The molecule has 0 radical (unpaired) electrons. The molecule has 2 saturated heterocycles. The van der Waals surface area contributed by atoms with Crippen LogP contribution in [0.25, 0.3) is 0 Å². The minimum absolute atomic E-state index is 0.00709. The summed E-state index contributed by atoms with van der Waals surface area (Å²) in [6, 6.07) is 0. The molecule has 2 rings (SSSR count). The summed E-state index contributed by atoms with van der Waals surface area (Å²) in [4.78, 5) is 42.5. The largest absolute Gasteiger partial charge is 0.463 e. The first-order chi connectivity index (χ1) is 18.5. The summed E-state index contributed by atoms with van der Waals surface area (Å²) >= 11 is 0. The number of carbonyl (C=O) groups excluding carboxylic acids is 3. The van der Waals surface area contributed by atoms with E-state index in [1.165, 1.54) is 6.08 Å². The number of ether oxygens (including phenoxy) is 3. The fraction of sp³-hybridized carbons (Fsp3) is 0.821. The van der Waals surface area contributed by atoms with E-state index in [2.05, 4.69) is 9.78 Å². The first kappa shape index (κ1) is 33.2. The lowest BCUT2D eigenvalue weighted by Crippen LogP contribution is -2.50. The molecule has 0 aromatic heterocycles. The van der Waals surface area contributed by atoms with Crippen molar-refractivity contribution in [1.29, 1.82) is 0 Å². The van der Waals surface area contributed by atoms with E-state index in [-0.39, 0.29) is 37.1 Å². The van der Waals surface area contributed by atoms with Crippen molar-refractivity contribution >= 4 is 17.9 Å². The van der Waals surface area contributed by atoms with Gasteiger partial charge in [0.05, 0.1) is 50.2 Å². The molecule has 11 nitrogen and oxygen atoms in total. The zero-order chi connectivity index (χ0) is 28.9. The highest BCUT2D eigenvalue weighted by molar-refractivity contribution is 5.82. The van der Waals surface area contributed by atoms with Gasteiger partial charge in [0.1, 0.15) is 6.10 Å². The van der Waals surface area contributed by atoms with Crippen LogP contribution in [0, 0.1) is 11.8 Å². The maximum atomic E-state index is 12.1. The van der Waals surface area contributed by atoms with Crippen LogP contribution in [0.1, 0.15) is 85.5 Å². The van der Waals surface area contributed by atoms with E-state index in [4.69, 9.17) is 14.2 Å². The fourth-order valence-corrected chi connectivity index (χ4v) is 4.73. The van der Waals surface area contributed by atoms with Crippen LogP contribution in [0.4, 0.5) is 0 Å². The molecule has 0 amide bonds. The van der Waals surface area contributed by atoms with Crippen LogP contribution in [0.5, 0.6) is 0 Å². The summed E-state index contributed by atoms with van der Waals surface area (Å²) < 4.78 is 16.8. The van der Waals surface area contributed by atoms with Gasteiger partial charge >= 0.3 is 17.9 Å². The first-order valence-electron chi connectivity index (χ1n) is 14.0. The summed E-state index contributed by atoms with van der Waals surface area (Å²) in [5.41, 5.74) is 0.693. The molecule has 224 valence electrons. The third-order valence-corrected chi connectivity index (χ3v) is 7.33. The van der Waals surface area contributed by atoms with Gasteiger partial charge in [-0.3, -0.25) is 0 Å². The smallest absolute Gasteiger partial charge is 0.355 e. The second-order valence-corrected chi connectivity index (χ2v) is 10.9. The number of epoxide rings is 1. The minimum atomic E-state index is -1.07. The Bertz CT molecular complexity index is 811. The van der Waals surface area contributed by atoms with E-state index in [1.54, 1.807) is 13.8 Å². The molecule has 0 spiro atoms. The van der Waals surface area contributed by atoms with Crippen LogP contribution in [-0.4, -0.2) is 83.1 Å². The lowest BCUT2D eigenvalue weighted by Gasteiger charge is -2.38. The maximum absolute atomic E-state index is 12.1. The Morgan fingerprint density at radius 2 is 1.62 bits per heavy atom. The van der Waals surface area contributed by atoms with Crippen molar-refractivity contribution in [1.82, 2.24) is 0 Å². The van der Waals surface area contributed by atoms with Crippen LogP contribution < -0.4 is 0 Å². The van der Waals surface area contributed by atoms with Crippen molar-refractivity contribution in [2.75, 3.05) is 13.2 Å². The maximum Gasteiger partial charge on any atom is 0.355 e. The molecule has 8 atom stereocenters. The van der Waals surface area contributed by atoms with Crippen LogP contribution in [0.15, 0.2) is 11.6 Å².